The van der Waals surface area contributed by atoms with E-state index in [0.29, 0.717) is 0 Å². The van der Waals surface area contributed by atoms with Crippen LogP contribution in [0.25, 0.3) is 11.0 Å². The molecule has 0 radical (unpaired) electrons. The topological polar surface area (TPSA) is 42.6 Å². The van der Waals surface area contributed by atoms with Crippen LogP contribution in [0.4, 0.5) is 0 Å². The minimum absolute atomic E-state index is 0.370. The summed E-state index contributed by atoms with van der Waals surface area (Å²) in [6.45, 7) is 0. The Hall–Kier alpha value is -1.86. The number of furan rings is 1. The Bertz CT molecular complexity index is 587. The van der Waals surface area contributed by atoms with Gasteiger partial charge in [0.1, 0.15) is 5.58 Å². The third-order valence-corrected chi connectivity index (χ3v) is 3.69. The minimum Gasteiger partial charge on any atom is -0.464 e. The van der Waals surface area contributed by atoms with Gasteiger partial charge in [-0.2, -0.15) is 4.99 Å². The van der Waals surface area contributed by atoms with Crippen molar-refractivity contribution in [2.24, 2.45) is 4.99 Å². The van der Waals surface area contributed by atoms with Crippen molar-refractivity contribution in [1.29, 1.82) is 0 Å². The molecule has 0 amide bonds. The zero-order chi connectivity index (χ0) is 11.7. The van der Waals surface area contributed by atoms with Gasteiger partial charge in [-0.15, -0.1) is 0 Å². The van der Waals surface area contributed by atoms with E-state index < -0.39 is 0 Å². The number of carbonyl (C=O) groups excluding carboxylic acids is 1. The highest BCUT2D eigenvalue weighted by atomic mass is 16.3. The third-order valence-electron chi connectivity index (χ3n) is 3.69. The summed E-state index contributed by atoms with van der Waals surface area (Å²) in [6, 6.07) is 7.89. The maximum Gasteiger partial charge on any atom is 0.235 e. The number of isocyanates is 1. The fraction of sp³-hybridized carbons (Fsp3) is 0.357. The summed E-state index contributed by atoms with van der Waals surface area (Å²) >= 11 is 0. The smallest absolute Gasteiger partial charge is 0.235 e. The molecule has 0 atom stereocenters. The van der Waals surface area contributed by atoms with Crippen LogP contribution in [-0.4, -0.2) is 6.08 Å². The zero-order valence-corrected chi connectivity index (χ0v) is 9.48. The first-order valence-corrected chi connectivity index (χ1v) is 5.91. The molecule has 0 spiro atoms. The average molecular weight is 227 g/mol. The molecule has 3 heteroatoms. The van der Waals surface area contributed by atoms with E-state index in [1.54, 1.807) is 12.3 Å². The van der Waals surface area contributed by atoms with E-state index >= 15 is 0 Å². The lowest BCUT2D eigenvalue weighted by Gasteiger charge is -2.23. The lowest BCUT2D eigenvalue weighted by atomic mass is 9.87. The van der Waals surface area contributed by atoms with Crippen molar-refractivity contribution in [3.05, 3.63) is 36.1 Å². The normalized spacial score (nSPS) is 18.1. The molecule has 86 valence electrons. The standard InChI is InChI=1S/C14H13NO2/c16-10-15-14(7-1-2-8-14)12-4-3-5-13-11(12)6-9-17-13/h3-6,9H,1-2,7-8H2. The molecule has 0 N–H and O–H groups in total. The molecule has 1 aromatic heterocycles. The summed E-state index contributed by atoms with van der Waals surface area (Å²) in [5.74, 6) is 0. The number of rotatable bonds is 2. The molecule has 0 aliphatic heterocycles. The van der Waals surface area contributed by atoms with Gasteiger partial charge >= 0.3 is 0 Å². The molecular weight excluding hydrogens is 214 g/mol. The van der Waals surface area contributed by atoms with Crippen LogP contribution in [0.5, 0.6) is 0 Å². The van der Waals surface area contributed by atoms with E-state index in [-0.39, 0.29) is 5.54 Å². The Morgan fingerprint density at radius 3 is 2.82 bits per heavy atom. The number of nitrogens with zero attached hydrogens (tertiary/aromatic N) is 1. The quantitative estimate of drug-likeness (QED) is 0.581. The van der Waals surface area contributed by atoms with Crippen molar-refractivity contribution >= 4 is 17.0 Å². The second-order valence-electron chi connectivity index (χ2n) is 4.58. The van der Waals surface area contributed by atoms with Gasteiger partial charge in [-0.25, -0.2) is 4.79 Å². The van der Waals surface area contributed by atoms with Crippen LogP contribution in [0, 0.1) is 0 Å². The van der Waals surface area contributed by atoms with Crippen molar-refractivity contribution < 1.29 is 9.21 Å². The third kappa shape index (κ3) is 1.51. The van der Waals surface area contributed by atoms with Crippen molar-refractivity contribution in [2.45, 2.75) is 31.2 Å². The Kier molecular flexibility index (Phi) is 2.34. The molecule has 0 unspecified atom stereocenters. The predicted molar refractivity (Wildman–Crippen MR) is 64.5 cm³/mol. The fourth-order valence-electron chi connectivity index (χ4n) is 2.89. The van der Waals surface area contributed by atoms with Gasteiger partial charge < -0.3 is 4.42 Å². The largest absolute Gasteiger partial charge is 0.464 e. The van der Waals surface area contributed by atoms with E-state index in [4.69, 9.17) is 4.42 Å². The first kappa shape index (κ1) is 10.3. The summed E-state index contributed by atoms with van der Waals surface area (Å²) in [6.07, 6.45) is 7.50. The Balaban J connectivity index is 2.25. The van der Waals surface area contributed by atoms with E-state index in [2.05, 4.69) is 4.99 Å². The molecule has 1 heterocycles. The molecule has 1 fully saturated rings. The number of hydrogen-bond donors (Lipinski definition) is 0. The maximum absolute atomic E-state index is 10.7. The number of fused-ring (bicyclic) bond motifs is 1. The first-order chi connectivity index (χ1) is 8.36. The number of aliphatic imine (C=N–C) groups is 1. The second-order valence-corrected chi connectivity index (χ2v) is 4.58. The van der Waals surface area contributed by atoms with Gasteiger partial charge in [0.2, 0.25) is 6.08 Å². The number of hydrogen-bond acceptors (Lipinski definition) is 3. The van der Waals surface area contributed by atoms with E-state index in [1.165, 1.54) is 0 Å². The van der Waals surface area contributed by atoms with Crippen LogP contribution in [0.2, 0.25) is 0 Å². The lowest BCUT2D eigenvalue weighted by Crippen LogP contribution is -2.19. The summed E-state index contributed by atoms with van der Waals surface area (Å²) in [4.78, 5) is 14.8. The summed E-state index contributed by atoms with van der Waals surface area (Å²) in [7, 11) is 0. The van der Waals surface area contributed by atoms with Crippen molar-refractivity contribution in [3.63, 3.8) is 0 Å². The van der Waals surface area contributed by atoms with Crippen LogP contribution >= 0.6 is 0 Å². The highest BCUT2D eigenvalue weighted by molar-refractivity contribution is 5.82. The van der Waals surface area contributed by atoms with E-state index in [1.807, 2.05) is 24.3 Å². The van der Waals surface area contributed by atoms with Gasteiger partial charge in [-0.3, -0.25) is 0 Å². The average Bonchev–Trinajstić information content (AvgIpc) is 2.97. The molecule has 0 bridgehead atoms. The van der Waals surface area contributed by atoms with E-state index in [9.17, 15) is 4.79 Å². The van der Waals surface area contributed by atoms with Crippen LogP contribution < -0.4 is 0 Å². The highest BCUT2D eigenvalue weighted by Gasteiger charge is 2.37. The van der Waals surface area contributed by atoms with Gasteiger partial charge in [-0.1, -0.05) is 25.0 Å². The molecule has 3 nitrogen and oxygen atoms in total. The Morgan fingerprint density at radius 2 is 2.06 bits per heavy atom. The van der Waals surface area contributed by atoms with Crippen LogP contribution in [-0.2, 0) is 10.3 Å². The molecular formula is C14H13NO2. The number of benzene rings is 1. The SMILES string of the molecule is O=C=NC1(c2cccc3occc23)CCCC1. The Labute approximate surface area is 99.1 Å². The maximum atomic E-state index is 10.7. The highest BCUT2D eigenvalue weighted by Crippen LogP contribution is 2.44. The molecule has 0 saturated heterocycles. The first-order valence-electron chi connectivity index (χ1n) is 5.91. The molecule has 1 saturated carbocycles. The monoisotopic (exact) mass is 227 g/mol. The zero-order valence-electron chi connectivity index (χ0n) is 9.48. The van der Waals surface area contributed by atoms with Gasteiger partial charge in [0, 0.05) is 5.39 Å². The van der Waals surface area contributed by atoms with E-state index in [0.717, 1.165) is 42.2 Å². The Morgan fingerprint density at radius 1 is 1.24 bits per heavy atom. The van der Waals surface area contributed by atoms with Crippen LogP contribution in [0.15, 0.2) is 39.9 Å². The van der Waals surface area contributed by atoms with Crippen molar-refractivity contribution in [1.82, 2.24) is 0 Å². The lowest BCUT2D eigenvalue weighted by molar-refractivity contribution is 0.459. The fourth-order valence-corrected chi connectivity index (χ4v) is 2.89. The second kappa shape index (κ2) is 3.86. The van der Waals surface area contributed by atoms with Gasteiger partial charge in [0.05, 0.1) is 11.8 Å². The molecule has 1 aromatic carbocycles. The molecule has 3 rings (SSSR count). The van der Waals surface area contributed by atoms with Gasteiger partial charge in [0.25, 0.3) is 0 Å². The van der Waals surface area contributed by atoms with Crippen LogP contribution in [0.3, 0.4) is 0 Å². The summed E-state index contributed by atoms with van der Waals surface area (Å²) in [5.41, 5.74) is 1.59. The molecule has 1 aliphatic carbocycles. The summed E-state index contributed by atoms with van der Waals surface area (Å²) in [5, 5.41) is 1.06. The molecule has 17 heavy (non-hydrogen) atoms. The van der Waals surface area contributed by atoms with Gasteiger partial charge in [0.15, 0.2) is 0 Å². The van der Waals surface area contributed by atoms with Crippen molar-refractivity contribution in [2.75, 3.05) is 0 Å². The molecule has 2 aromatic rings. The summed E-state index contributed by atoms with van der Waals surface area (Å²) < 4.78 is 5.40. The van der Waals surface area contributed by atoms with Crippen molar-refractivity contribution in [3.8, 4) is 0 Å². The molecule has 1 aliphatic rings. The predicted octanol–water partition coefficient (Wildman–Crippen LogP) is 3.54. The van der Waals surface area contributed by atoms with Crippen LogP contribution in [0.1, 0.15) is 31.2 Å². The minimum atomic E-state index is -0.370. The van der Waals surface area contributed by atoms with Gasteiger partial charge in [-0.05, 0) is 30.5 Å².